The lowest BCUT2D eigenvalue weighted by Gasteiger charge is -1.94. The van der Waals surface area contributed by atoms with Crippen LogP contribution >= 0.6 is 22.6 Å². The first-order valence-corrected chi connectivity index (χ1v) is 5.17. The van der Waals surface area contributed by atoms with E-state index in [-0.39, 0.29) is 4.90 Å². The van der Waals surface area contributed by atoms with Crippen LogP contribution in [0.25, 0.3) is 0 Å². The summed E-state index contributed by atoms with van der Waals surface area (Å²) >= 11 is 1.95. The predicted octanol–water partition coefficient (Wildman–Crippen LogP) is 1.34. The Morgan fingerprint density at radius 3 is 2.55 bits per heavy atom. The van der Waals surface area contributed by atoms with Crippen molar-refractivity contribution >= 4 is 32.7 Å². The van der Waals surface area contributed by atoms with Crippen LogP contribution in [0.4, 0.5) is 0 Å². The van der Waals surface area contributed by atoms with E-state index in [0.29, 0.717) is 0 Å². The largest absolute Gasteiger partial charge is 0.295 e. The van der Waals surface area contributed by atoms with Crippen LogP contribution < -0.4 is 0 Å². The highest BCUT2D eigenvalue weighted by Gasteiger charge is 2.08. The molecule has 0 bridgehead atoms. The van der Waals surface area contributed by atoms with E-state index in [2.05, 4.69) is 6.07 Å². The second-order valence-corrected chi connectivity index (χ2v) is 4.48. The highest BCUT2D eigenvalue weighted by atomic mass is 127. The van der Waals surface area contributed by atoms with Crippen LogP contribution in [0.5, 0.6) is 0 Å². The van der Waals surface area contributed by atoms with Gasteiger partial charge in [-0.2, -0.15) is 8.42 Å². The third kappa shape index (κ3) is 2.42. The molecule has 0 fully saturated rings. The average molecular weight is 283 g/mol. The van der Waals surface area contributed by atoms with E-state index in [4.69, 9.17) is 4.55 Å². The van der Waals surface area contributed by atoms with E-state index in [0.717, 1.165) is 3.57 Å². The number of rotatable bonds is 1. The van der Waals surface area contributed by atoms with Crippen molar-refractivity contribution in [2.24, 2.45) is 0 Å². The van der Waals surface area contributed by atoms with Crippen molar-refractivity contribution in [3.8, 4) is 0 Å². The smallest absolute Gasteiger partial charge is 0.282 e. The maximum absolute atomic E-state index is 10.5. The molecule has 0 amide bonds. The zero-order valence-corrected chi connectivity index (χ0v) is 8.26. The quantitative estimate of drug-likeness (QED) is 0.625. The van der Waals surface area contributed by atoms with Gasteiger partial charge in [0.25, 0.3) is 10.1 Å². The highest BCUT2D eigenvalue weighted by Crippen LogP contribution is 2.11. The molecule has 0 saturated carbocycles. The Hall–Kier alpha value is -0.140. The minimum atomic E-state index is -4.09. The van der Waals surface area contributed by atoms with Crippen molar-refractivity contribution in [3.63, 3.8) is 0 Å². The first-order valence-electron chi connectivity index (χ1n) is 2.65. The lowest BCUT2D eigenvalue weighted by molar-refractivity contribution is 0.483. The van der Waals surface area contributed by atoms with Gasteiger partial charge in [0.15, 0.2) is 0 Å². The minimum absolute atomic E-state index is 0.190. The van der Waals surface area contributed by atoms with Crippen molar-refractivity contribution < 1.29 is 13.0 Å². The normalized spacial score (nSPS) is 11.5. The summed E-state index contributed by atoms with van der Waals surface area (Å²) in [5.74, 6) is 0. The molecule has 0 heterocycles. The lowest BCUT2D eigenvalue weighted by atomic mass is 10.4. The topological polar surface area (TPSA) is 54.4 Å². The average Bonchev–Trinajstić information content (AvgIpc) is 1.86. The summed E-state index contributed by atoms with van der Waals surface area (Å²) in [5, 5.41) is 0. The molecule has 0 spiro atoms. The van der Waals surface area contributed by atoms with Crippen LogP contribution in [0, 0.1) is 9.64 Å². The number of hydrogen-bond donors (Lipinski definition) is 1. The van der Waals surface area contributed by atoms with Crippen LogP contribution in [-0.4, -0.2) is 13.0 Å². The Morgan fingerprint density at radius 1 is 1.55 bits per heavy atom. The number of hydrogen-bond acceptors (Lipinski definition) is 2. The van der Waals surface area contributed by atoms with Crippen LogP contribution in [0.3, 0.4) is 0 Å². The van der Waals surface area contributed by atoms with Crippen LogP contribution in [-0.2, 0) is 10.1 Å². The Labute approximate surface area is 78.3 Å². The minimum Gasteiger partial charge on any atom is -0.282 e. The lowest BCUT2D eigenvalue weighted by Crippen LogP contribution is -1.97. The molecule has 11 heavy (non-hydrogen) atoms. The Balaban J connectivity index is 3.28. The van der Waals surface area contributed by atoms with Crippen LogP contribution in [0.15, 0.2) is 23.1 Å². The molecule has 3 nitrogen and oxygen atoms in total. The molecule has 0 aromatic heterocycles. The maximum atomic E-state index is 10.5. The molecule has 1 rings (SSSR count). The summed E-state index contributed by atoms with van der Waals surface area (Å²) in [6.45, 7) is 0. The second-order valence-electron chi connectivity index (χ2n) is 1.85. The van der Waals surface area contributed by atoms with Gasteiger partial charge in [0.1, 0.15) is 4.90 Å². The van der Waals surface area contributed by atoms with Gasteiger partial charge < -0.3 is 0 Å². The zero-order chi connectivity index (χ0) is 8.48. The predicted molar refractivity (Wildman–Crippen MR) is 47.8 cm³/mol. The molecular weight excluding hydrogens is 279 g/mol. The van der Waals surface area contributed by atoms with Crippen molar-refractivity contribution in [2.45, 2.75) is 4.90 Å². The van der Waals surface area contributed by atoms with Crippen molar-refractivity contribution in [1.29, 1.82) is 0 Å². The maximum Gasteiger partial charge on any atom is 0.295 e. The molecule has 0 unspecified atom stereocenters. The zero-order valence-electron chi connectivity index (χ0n) is 5.28. The molecule has 1 aromatic rings. The van der Waals surface area contributed by atoms with E-state index in [1.54, 1.807) is 6.07 Å². The SMILES string of the molecule is O=S(=O)(O)c1[c]ccc(I)c1. The number of benzene rings is 1. The monoisotopic (exact) mass is 283 g/mol. The molecule has 0 aliphatic rings. The molecule has 1 radical (unpaired) electrons. The summed E-state index contributed by atoms with van der Waals surface area (Å²) in [6, 6.07) is 6.89. The first-order chi connectivity index (χ1) is 5.00. The fraction of sp³-hybridized carbons (Fsp3) is 0. The molecule has 0 aliphatic heterocycles. The van der Waals surface area contributed by atoms with Gasteiger partial charge in [-0.3, -0.25) is 4.55 Å². The van der Waals surface area contributed by atoms with Gasteiger partial charge in [0.2, 0.25) is 0 Å². The van der Waals surface area contributed by atoms with Gasteiger partial charge >= 0.3 is 0 Å². The van der Waals surface area contributed by atoms with Gasteiger partial charge in [-0.25, -0.2) is 0 Å². The Bertz CT molecular complexity index is 358. The highest BCUT2D eigenvalue weighted by molar-refractivity contribution is 14.1. The third-order valence-corrected chi connectivity index (χ3v) is 2.48. The first kappa shape index (κ1) is 8.95. The van der Waals surface area contributed by atoms with Crippen molar-refractivity contribution in [3.05, 3.63) is 27.8 Å². The summed E-state index contributed by atoms with van der Waals surface area (Å²) < 4.78 is 30.3. The molecular formula is C6H4IO3S. The van der Waals surface area contributed by atoms with Gasteiger partial charge in [0, 0.05) is 9.64 Å². The molecule has 59 valence electrons. The Kier molecular flexibility index (Phi) is 2.50. The van der Waals surface area contributed by atoms with E-state index >= 15 is 0 Å². The van der Waals surface area contributed by atoms with Crippen molar-refractivity contribution in [2.75, 3.05) is 0 Å². The van der Waals surface area contributed by atoms with E-state index in [9.17, 15) is 8.42 Å². The molecule has 0 aliphatic carbocycles. The van der Waals surface area contributed by atoms with E-state index < -0.39 is 10.1 Å². The van der Waals surface area contributed by atoms with Gasteiger partial charge in [-0.15, -0.1) is 0 Å². The fourth-order valence-electron chi connectivity index (χ4n) is 0.567. The Morgan fingerprint density at radius 2 is 2.18 bits per heavy atom. The summed E-state index contributed by atoms with van der Waals surface area (Å²) in [5.41, 5.74) is 0. The molecule has 0 saturated heterocycles. The summed E-state index contributed by atoms with van der Waals surface area (Å²) in [7, 11) is -4.09. The summed E-state index contributed by atoms with van der Waals surface area (Å²) in [6.07, 6.45) is 0. The molecule has 0 atom stereocenters. The van der Waals surface area contributed by atoms with Crippen LogP contribution in [0.2, 0.25) is 0 Å². The van der Waals surface area contributed by atoms with E-state index in [1.165, 1.54) is 12.1 Å². The second kappa shape index (κ2) is 3.08. The molecule has 1 aromatic carbocycles. The molecule has 5 heteroatoms. The van der Waals surface area contributed by atoms with Gasteiger partial charge in [0.05, 0.1) is 0 Å². The van der Waals surface area contributed by atoms with Crippen molar-refractivity contribution in [1.82, 2.24) is 0 Å². The van der Waals surface area contributed by atoms with Gasteiger partial charge in [-0.1, -0.05) is 6.07 Å². The number of halogens is 1. The van der Waals surface area contributed by atoms with Gasteiger partial charge in [-0.05, 0) is 34.7 Å². The molecule has 1 N–H and O–H groups in total. The fourth-order valence-corrected chi connectivity index (χ4v) is 1.76. The van der Waals surface area contributed by atoms with E-state index in [1.807, 2.05) is 22.6 Å². The third-order valence-electron chi connectivity index (χ3n) is 1.02. The summed E-state index contributed by atoms with van der Waals surface area (Å²) in [4.78, 5) is -0.190. The standard InChI is InChI=1S/C6H4IO3S/c7-5-2-1-3-6(4-5)11(8,9)10/h1-2,4H,(H,8,9,10). The van der Waals surface area contributed by atoms with Crippen LogP contribution in [0.1, 0.15) is 0 Å².